The van der Waals surface area contributed by atoms with Crippen LogP contribution < -0.4 is 14.8 Å². The molecule has 2 N–H and O–H groups in total. The van der Waals surface area contributed by atoms with Gasteiger partial charge < -0.3 is 19.9 Å². The van der Waals surface area contributed by atoms with Gasteiger partial charge in [0.1, 0.15) is 23.9 Å². The highest BCUT2D eigenvalue weighted by Crippen LogP contribution is 2.36. The second-order valence-corrected chi connectivity index (χ2v) is 8.10. The molecule has 0 amide bonds. The predicted molar refractivity (Wildman–Crippen MR) is 124 cm³/mol. The van der Waals surface area contributed by atoms with E-state index in [0.717, 1.165) is 12.1 Å². The van der Waals surface area contributed by atoms with Gasteiger partial charge in [0.05, 0.1) is 23.3 Å². The number of nitrogens with one attached hydrogen (secondary N) is 1. The molecule has 1 atom stereocenters. The number of alkyl halides is 3. The predicted octanol–water partition coefficient (Wildman–Crippen LogP) is 6.60. The Morgan fingerprint density at radius 3 is 2.46 bits per heavy atom. The Labute approximate surface area is 204 Å². The molecule has 0 aromatic heterocycles. The van der Waals surface area contributed by atoms with Gasteiger partial charge in [-0.05, 0) is 66.1 Å². The van der Waals surface area contributed by atoms with Crippen molar-refractivity contribution in [2.45, 2.75) is 19.1 Å². The minimum absolute atomic E-state index is 0.0263. The van der Waals surface area contributed by atoms with Crippen molar-refractivity contribution in [2.24, 2.45) is 0 Å². The maximum absolute atomic E-state index is 13.7. The number of hydrogen-bond acceptors (Lipinski definition) is 4. The molecule has 0 bridgehead atoms. The van der Waals surface area contributed by atoms with Crippen molar-refractivity contribution in [1.82, 2.24) is 5.32 Å². The lowest BCUT2D eigenvalue weighted by atomic mass is 10.00. The van der Waals surface area contributed by atoms with Crippen molar-refractivity contribution in [1.29, 1.82) is 0 Å². The van der Waals surface area contributed by atoms with Crippen molar-refractivity contribution in [3.63, 3.8) is 0 Å². The SMILES string of the molecule is COc1cc(F)cc(C(C)NCCOc2cc(-c3ccc(Cl)c(C(=O)O)c3)cc(C(F)(F)F)c2)c1. The largest absolute Gasteiger partial charge is 0.497 e. The number of aromatic carboxylic acids is 1. The van der Waals surface area contributed by atoms with Crippen LogP contribution in [-0.2, 0) is 6.18 Å². The monoisotopic (exact) mass is 511 g/mol. The molecule has 3 aromatic carbocycles. The molecular weight excluding hydrogens is 490 g/mol. The summed E-state index contributed by atoms with van der Waals surface area (Å²) in [6.45, 7) is 2.09. The molecule has 1 unspecified atom stereocenters. The molecule has 3 rings (SSSR count). The van der Waals surface area contributed by atoms with E-state index in [1.54, 1.807) is 13.0 Å². The third-order valence-corrected chi connectivity index (χ3v) is 5.54. The van der Waals surface area contributed by atoms with Crippen molar-refractivity contribution in [3.05, 3.63) is 82.1 Å². The first-order valence-corrected chi connectivity index (χ1v) is 10.8. The number of halogens is 5. The van der Waals surface area contributed by atoms with Crippen LogP contribution in [-0.4, -0.2) is 31.3 Å². The molecule has 0 saturated heterocycles. The smallest absolute Gasteiger partial charge is 0.416 e. The second kappa shape index (κ2) is 11.0. The number of carbonyl (C=O) groups is 1. The van der Waals surface area contributed by atoms with Gasteiger partial charge in [-0.1, -0.05) is 17.7 Å². The fraction of sp³-hybridized carbons (Fsp3) is 0.240. The topological polar surface area (TPSA) is 67.8 Å². The number of benzene rings is 3. The molecule has 186 valence electrons. The Hall–Kier alpha value is -3.30. The minimum atomic E-state index is -4.64. The lowest BCUT2D eigenvalue weighted by Crippen LogP contribution is -2.24. The third-order valence-electron chi connectivity index (χ3n) is 5.21. The molecule has 3 aromatic rings. The van der Waals surface area contributed by atoms with E-state index in [-0.39, 0.29) is 46.7 Å². The summed E-state index contributed by atoms with van der Waals surface area (Å²) < 4.78 is 64.8. The van der Waals surface area contributed by atoms with Crippen molar-refractivity contribution >= 4 is 17.6 Å². The summed E-state index contributed by atoms with van der Waals surface area (Å²) in [5.74, 6) is -1.41. The van der Waals surface area contributed by atoms with Gasteiger partial charge in [-0.15, -0.1) is 0 Å². The quantitative estimate of drug-likeness (QED) is 0.250. The van der Waals surface area contributed by atoms with Gasteiger partial charge in [0.2, 0.25) is 0 Å². The summed E-state index contributed by atoms with van der Waals surface area (Å²) in [5, 5.41) is 12.4. The molecule has 0 saturated carbocycles. The molecule has 0 heterocycles. The van der Waals surface area contributed by atoms with Gasteiger partial charge in [0, 0.05) is 18.7 Å². The molecule has 0 spiro atoms. The lowest BCUT2D eigenvalue weighted by Gasteiger charge is -2.17. The number of hydrogen-bond donors (Lipinski definition) is 2. The van der Waals surface area contributed by atoms with E-state index < -0.39 is 23.5 Å². The average Bonchev–Trinajstić information content (AvgIpc) is 2.80. The van der Waals surface area contributed by atoms with Crippen molar-refractivity contribution in [2.75, 3.05) is 20.3 Å². The number of methoxy groups -OCH3 is 1. The van der Waals surface area contributed by atoms with E-state index in [1.807, 2.05) is 0 Å². The molecule has 35 heavy (non-hydrogen) atoms. The first kappa shape index (κ1) is 26.3. The van der Waals surface area contributed by atoms with Crippen LogP contribution in [0.4, 0.5) is 17.6 Å². The molecule has 0 aliphatic heterocycles. The Balaban J connectivity index is 1.76. The summed E-state index contributed by atoms with van der Waals surface area (Å²) in [4.78, 5) is 11.4. The van der Waals surface area contributed by atoms with Gasteiger partial charge in [-0.2, -0.15) is 13.2 Å². The summed E-state index contributed by atoms with van der Waals surface area (Å²) >= 11 is 5.87. The molecule has 0 aliphatic rings. The Kier molecular flexibility index (Phi) is 8.24. The number of rotatable bonds is 9. The van der Waals surface area contributed by atoms with E-state index >= 15 is 0 Å². The highest BCUT2D eigenvalue weighted by Gasteiger charge is 2.31. The maximum atomic E-state index is 13.7. The second-order valence-electron chi connectivity index (χ2n) is 7.69. The number of carboxylic acid groups (broad SMARTS) is 1. The van der Waals surface area contributed by atoms with Crippen LogP contribution in [0.15, 0.2) is 54.6 Å². The van der Waals surface area contributed by atoms with Crippen molar-refractivity contribution in [3.8, 4) is 22.6 Å². The van der Waals surface area contributed by atoms with E-state index in [0.29, 0.717) is 11.3 Å². The zero-order valence-corrected chi connectivity index (χ0v) is 19.5. The van der Waals surface area contributed by atoms with Crippen LogP contribution in [0, 0.1) is 5.82 Å². The summed E-state index contributed by atoms with van der Waals surface area (Å²) in [5.41, 5.74) is -0.155. The Morgan fingerprint density at radius 2 is 1.80 bits per heavy atom. The fourth-order valence-corrected chi connectivity index (χ4v) is 3.59. The maximum Gasteiger partial charge on any atom is 0.416 e. The zero-order valence-electron chi connectivity index (χ0n) is 18.7. The highest BCUT2D eigenvalue weighted by atomic mass is 35.5. The van der Waals surface area contributed by atoms with Gasteiger partial charge in [0.15, 0.2) is 0 Å². The average molecular weight is 512 g/mol. The van der Waals surface area contributed by atoms with E-state index in [2.05, 4.69) is 5.32 Å². The molecule has 5 nitrogen and oxygen atoms in total. The molecular formula is C25H22ClF4NO4. The summed E-state index contributed by atoms with van der Waals surface area (Å²) in [6, 6.07) is 11.2. The van der Waals surface area contributed by atoms with Gasteiger partial charge in [-0.3, -0.25) is 0 Å². The first-order chi connectivity index (χ1) is 16.5. The van der Waals surface area contributed by atoms with Crippen LogP contribution >= 0.6 is 11.6 Å². The van der Waals surface area contributed by atoms with Gasteiger partial charge in [0.25, 0.3) is 0 Å². The molecule has 10 heteroatoms. The number of ether oxygens (including phenoxy) is 2. The Bertz CT molecular complexity index is 1220. The molecule has 0 aliphatic carbocycles. The highest BCUT2D eigenvalue weighted by molar-refractivity contribution is 6.33. The van der Waals surface area contributed by atoms with Crippen LogP contribution in [0.5, 0.6) is 11.5 Å². The zero-order chi connectivity index (χ0) is 25.8. The normalized spacial score (nSPS) is 12.3. The standard InChI is InChI=1S/C25H22ClF4NO4/c1-14(16-8-19(27)13-20(9-16)34-2)31-5-6-35-21-10-17(7-18(12-21)25(28,29)30)15-3-4-23(26)22(11-15)24(32)33/h3-4,7-14,31H,5-6H2,1-2H3,(H,32,33). The number of carboxylic acids is 1. The van der Waals surface area contributed by atoms with Gasteiger partial charge >= 0.3 is 12.1 Å². The first-order valence-electron chi connectivity index (χ1n) is 10.4. The lowest BCUT2D eigenvalue weighted by molar-refractivity contribution is -0.137. The van der Waals surface area contributed by atoms with Crippen LogP contribution in [0.25, 0.3) is 11.1 Å². The third kappa shape index (κ3) is 6.86. The fourth-order valence-electron chi connectivity index (χ4n) is 3.40. The van der Waals surface area contributed by atoms with E-state index in [1.165, 1.54) is 43.5 Å². The Morgan fingerprint density at radius 1 is 1.06 bits per heavy atom. The van der Waals surface area contributed by atoms with Crippen molar-refractivity contribution < 1.29 is 36.9 Å². The van der Waals surface area contributed by atoms with E-state index in [9.17, 15) is 27.5 Å². The summed E-state index contributed by atoms with van der Waals surface area (Å²) in [7, 11) is 1.43. The van der Waals surface area contributed by atoms with Crippen LogP contribution in [0.3, 0.4) is 0 Å². The molecule has 0 radical (unpaired) electrons. The van der Waals surface area contributed by atoms with Crippen LogP contribution in [0.2, 0.25) is 5.02 Å². The van der Waals surface area contributed by atoms with Crippen LogP contribution in [0.1, 0.15) is 34.5 Å². The van der Waals surface area contributed by atoms with Gasteiger partial charge in [-0.25, -0.2) is 9.18 Å². The van der Waals surface area contributed by atoms with E-state index in [4.69, 9.17) is 21.1 Å². The molecule has 0 fully saturated rings. The minimum Gasteiger partial charge on any atom is -0.497 e. The summed E-state index contributed by atoms with van der Waals surface area (Å²) in [6.07, 6.45) is -4.64.